The second-order valence-corrected chi connectivity index (χ2v) is 11.1. The van der Waals surface area contributed by atoms with Crippen LogP contribution < -0.4 is 20.3 Å². The van der Waals surface area contributed by atoms with Crippen molar-refractivity contribution in [2.75, 3.05) is 44.0 Å². The van der Waals surface area contributed by atoms with Gasteiger partial charge >= 0.3 is 0 Å². The van der Waals surface area contributed by atoms with Crippen LogP contribution in [0.2, 0.25) is 0 Å². The number of rotatable bonds is 9. The molecule has 204 valence electrons. The topological polar surface area (TPSA) is 93.0 Å². The van der Waals surface area contributed by atoms with Crippen LogP contribution in [0.3, 0.4) is 0 Å². The first-order valence-electron chi connectivity index (χ1n) is 13.0. The summed E-state index contributed by atoms with van der Waals surface area (Å²) in [5.74, 6) is 0.695. The van der Waals surface area contributed by atoms with E-state index in [0.717, 1.165) is 39.2 Å². The molecule has 0 bridgehead atoms. The third kappa shape index (κ3) is 5.82. The average molecular weight is 571 g/mol. The Kier molecular flexibility index (Phi) is 8.65. The lowest BCUT2D eigenvalue weighted by atomic mass is 10.2. The summed E-state index contributed by atoms with van der Waals surface area (Å²) in [5.41, 5.74) is 3.96. The molecule has 40 heavy (non-hydrogen) atoms. The fourth-order valence-electron chi connectivity index (χ4n) is 4.35. The molecule has 1 saturated heterocycles. The molecule has 3 aromatic rings. The summed E-state index contributed by atoms with van der Waals surface area (Å²) in [7, 11) is 3.87. The number of fused-ring (bicyclic) bond motifs is 1. The van der Waals surface area contributed by atoms with E-state index in [2.05, 4.69) is 21.6 Å². The van der Waals surface area contributed by atoms with E-state index in [1.54, 1.807) is 28.8 Å². The molecule has 0 aromatic heterocycles. The van der Waals surface area contributed by atoms with Crippen LogP contribution in [0, 0.1) is 11.3 Å². The van der Waals surface area contributed by atoms with Gasteiger partial charge in [-0.15, -0.1) is 0 Å². The number of amidine groups is 1. The van der Waals surface area contributed by atoms with Crippen molar-refractivity contribution in [3.63, 3.8) is 0 Å². The Morgan fingerprint density at radius 3 is 2.65 bits per heavy atom. The van der Waals surface area contributed by atoms with Gasteiger partial charge < -0.3 is 20.3 Å². The number of amides is 1. The number of nitrogens with zero attached hydrogens (tertiary/aromatic N) is 4. The minimum Gasteiger partial charge on any atom is -0.492 e. The van der Waals surface area contributed by atoms with Crippen LogP contribution in [-0.4, -0.2) is 49.8 Å². The van der Waals surface area contributed by atoms with Gasteiger partial charge in [-0.05, 0) is 61.6 Å². The van der Waals surface area contributed by atoms with Gasteiger partial charge in [-0.2, -0.15) is 5.26 Å². The number of hydrogen-bond acceptors (Lipinski definition) is 9. The Hall–Kier alpha value is -3.91. The van der Waals surface area contributed by atoms with Gasteiger partial charge in [0.2, 0.25) is 0 Å². The summed E-state index contributed by atoms with van der Waals surface area (Å²) in [6.45, 7) is 4.44. The first-order chi connectivity index (χ1) is 19.5. The molecule has 0 atom stereocenters. The highest BCUT2D eigenvalue weighted by atomic mass is 32.2. The Morgan fingerprint density at radius 1 is 1.07 bits per heavy atom. The van der Waals surface area contributed by atoms with Crippen molar-refractivity contribution in [3.8, 4) is 11.8 Å². The maximum Gasteiger partial charge on any atom is 0.269 e. The summed E-state index contributed by atoms with van der Waals surface area (Å²) in [5, 5.41) is 17.3. The third-order valence-corrected chi connectivity index (χ3v) is 8.81. The Labute approximate surface area is 243 Å². The van der Waals surface area contributed by atoms with Crippen molar-refractivity contribution in [2.24, 2.45) is 4.99 Å². The fraction of sp³-hybridized carbons (Fsp3) is 0.233. The first-order valence-corrected chi connectivity index (χ1v) is 14.6. The highest BCUT2D eigenvalue weighted by Crippen LogP contribution is 2.51. The van der Waals surface area contributed by atoms with Gasteiger partial charge in [0, 0.05) is 31.1 Å². The zero-order chi connectivity index (χ0) is 28.1. The van der Waals surface area contributed by atoms with E-state index in [-0.39, 0.29) is 5.91 Å². The Bertz CT molecular complexity index is 1520. The molecule has 3 aromatic carbocycles. The lowest BCUT2D eigenvalue weighted by Gasteiger charge is -2.17. The predicted molar refractivity (Wildman–Crippen MR) is 164 cm³/mol. The van der Waals surface area contributed by atoms with Crippen LogP contribution in [-0.2, 0) is 11.3 Å². The van der Waals surface area contributed by atoms with Crippen LogP contribution in [0.1, 0.15) is 18.1 Å². The number of likely N-dealkylation sites (N-methyl/N-ethyl adjacent to an activating group) is 1. The van der Waals surface area contributed by atoms with Crippen molar-refractivity contribution in [1.82, 2.24) is 10.2 Å². The largest absolute Gasteiger partial charge is 0.492 e. The van der Waals surface area contributed by atoms with E-state index in [0.29, 0.717) is 41.0 Å². The highest BCUT2D eigenvalue weighted by molar-refractivity contribution is 8.19. The smallest absolute Gasteiger partial charge is 0.269 e. The number of anilines is 2. The van der Waals surface area contributed by atoms with E-state index in [1.807, 2.05) is 75.6 Å². The molecule has 0 aliphatic carbocycles. The summed E-state index contributed by atoms with van der Waals surface area (Å²) in [6.07, 6.45) is 0. The van der Waals surface area contributed by atoms with E-state index < -0.39 is 0 Å². The van der Waals surface area contributed by atoms with E-state index in [1.165, 1.54) is 11.8 Å². The molecule has 0 radical (unpaired) electrons. The number of carbonyl (C=O) groups excluding carboxylic acids is 1. The zero-order valence-corrected chi connectivity index (χ0v) is 24.2. The zero-order valence-electron chi connectivity index (χ0n) is 22.6. The van der Waals surface area contributed by atoms with Crippen molar-refractivity contribution >= 4 is 51.7 Å². The molecule has 0 saturated carbocycles. The SMILES string of the molecule is CCNc1ccc(C#N)cc1N=C1SC(=C2Sc3ccc(OCCNC)cc3N2C)C(=O)N1Cc1ccccc1. The molecule has 2 aliphatic rings. The van der Waals surface area contributed by atoms with Gasteiger partial charge in [-0.25, -0.2) is 4.99 Å². The number of hydrogen-bond donors (Lipinski definition) is 2. The van der Waals surface area contributed by atoms with Crippen molar-refractivity contribution in [3.05, 3.63) is 87.8 Å². The molecule has 1 fully saturated rings. The van der Waals surface area contributed by atoms with Gasteiger partial charge in [-0.3, -0.25) is 9.69 Å². The minimum atomic E-state index is -0.0957. The van der Waals surface area contributed by atoms with Crippen molar-refractivity contribution < 1.29 is 9.53 Å². The van der Waals surface area contributed by atoms with E-state index in [9.17, 15) is 10.1 Å². The standard InChI is InChI=1S/C30H30N6O2S2/c1-4-33-23-12-10-21(18-31)16-24(23)34-30-36(19-20-8-6-5-7-9-20)28(37)27(40-30)29-35(3)25-17-22(38-15-14-32-2)11-13-26(25)39-29/h5-13,16-17,32-33H,4,14-15,19H2,1-3H3. The summed E-state index contributed by atoms with van der Waals surface area (Å²) in [4.78, 5) is 24.4. The molecular weight excluding hydrogens is 541 g/mol. The Morgan fingerprint density at radius 2 is 1.90 bits per heavy atom. The molecule has 2 N–H and O–H groups in total. The lowest BCUT2D eigenvalue weighted by molar-refractivity contribution is -0.122. The van der Waals surface area contributed by atoms with Gasteiger partial charge in [0.15, 0.2) is 5.17 Å². The number of carbonyl (C=O) groups is 1. The summed E-state index contributed by atoms with van der Waals surface area (Å²) in [6, 6.07) is 23.5. The van der Waals surface area contributed by atoms with Gasteiger partial charge in [0.25, 0.3) is 5.91 Å². The number of thioether (sulfide) groups is 2. The number of nitriles is 1. The molecule has 0 unspecified atom stereocenters. The highest BCUT2D eigenvalue weighted by Gasteiger charge is 2.39. The normalized spacial score (nSPS) is 17.4. The summed E-state index contributed by atoms with van der Waals surface area (Å²) < 4.78 is 5.88. The van der Waals surface area contributed by atoms with Gasteiger partial charge in [0.05, 0.1) is 40.3 Å². The van der Waals surface area contributed by atoms with Crippen LogP contribution in [0.4, 0.5) is 17.1 Å². The number of nitrogens with one attached hydrogen (secondary N) is 2. The van der Waals surface area contributed by atoms with E-state index in [4.69, 9.17) is 9.73 Å². The lowest BCUT2D eigenvalue weighted by Crippen LogP contribution is -2.29. The number of ether oxygens (including phenoxy) is 1. The maximum atomic E-state index is 14.0. The fourth-order valence-corrected chi connectivity index (χ4v) is 6.66. The second-order valence-electron chi connectivity index (χ2n) is 9.12. The third-order valence-electron chi connectivity index (χ3n) is 6.38. The Balaban J connectivity index is 1.53. The molecule has 1 amide bonds. The molecule has 0 spiro atoms. The second kappa shape index (κ2) is 12.5. The summed E-state index contributed by atoms with van der Waals surface area (Å²) >= 11 is 2.94. The van der Waals surface area contributed by atoms with Crippen molar-refractivity contribution in [2.45, 2.75) is 18.4 Å². The number of benzene rings is 3. The number of aliphatic imine (C=N–C) groups is 1. The predicted octanol–water partition coefficient (Wildman–Crippen LogP) is 5.76. The average Bonchev–Trinajstić information content (AvgIpc) is 3.45. The molecule has 2 heterocycles. The van der Waals surface area contributed by atoms with Gasteiger partial charge in [-0.1, -0.05) is 42.1 Å². The van der Waals surface area contributed by atoms with Crippen LogP contribution in [0.25, 0.3) is 0 Å². The monoisotopic (exact) mass is 570 g/mol. The quantitative estimate of drug-likeness (QED) is 0.248. The maximum absolute atomic E-state index is 14.0. The molecular formula is C30H30N6O2S2. The van der Waals surface area contributed by atoms with Crippen LogP contribution >= 0.6 is 23.5 Å². The molecule has 5 rings (SSSR count). The van der Waals surface area contributed by atoms with Crippen LogP contribution in [0.15, 0.2) is 86.6 Å². The molecule has 8 nitrogen and oxygen atoms in total. The molecule has 10 heteroatoms. The van der Waals surface area contributed by atoms with Crippen LogP contribution in [0.5, 0.6) is 5.75 Å². The van der Waals surface area contributed by atoms with Gasteiger partial charge in [0.1, 0.15) is 17.3 Å². The molecule has 2 aliphatic heterocycles. The minimum absolute atomic E-state index is 0.0957. The van der Waals surface area contributed by atoms with E-state index >= 15 is 0 Å². The van der Waals surface area contributed by atoms with Crippen molar-refractivity contribution in [1.29, 1.82) is 5.26 Å². The first kappa shape index (κ1) is 27.6.